The van der Waals surface area contributed by atoms with Gasteiger partial charge in [0.15, 0.2) is 0 Å². The zero-order valence-electron chi connectivity index (χ0n) is 8.21. The van der Waals surface area contributed by atoms with Gasteiger partial charge >= 0.3 is 0 Å². The van der Waals surface area contributed by atoms with Gasteiger partial charge in [0.2, 0.25) is 5.95 Å². The van der Waals surface area contributed by atoms with Crippen molar-refractivity contribution in [3.63, 3.8) is 0 Å². The van der Waals surface area contributed by atoms with Crippen molar-refractivity contribution >= 4 is 5.95 Å². The molecule has 0 aliphatic rings. The summed E-state index contributed by atoms with van der Waals surface area (Å²) in [6.45, 7) is 2.22. The number of aromatic amines is 1. The molecule has 13 heavy (non-hydrogen) atoms. The lowest BCUT2D eigenvalue weighted by Crippen LogP contribution is -1.89. The van der Waals surface area contributed by atoms with E-state index < -0.39 is 0 Å². The fourth-order valence-corrected chi connectivity index (χ4v) is 1.32. The Bertz CT molecular complexity index is 231. The van der Waals surface area contributed by atoms with E-state index in [9.17, 15) is 0 Å². The quantitative estimate of drug-likeness (QED) is 0.660. The van der Waals surface area contributed by atoms with Gasteiger partial charge < -0.3 is 5.73 Å². The van der Waals surface area contributed by atoms with Crippen LogP contribution in [0.25, 0.3) is 0 Å². The monoisotopic (exact) mass is 182 g/mol. The highest BCUT2D eigenvalue weighted by atomic mass is 15.3. The maximum Gasteiger partial charge on any atom is 0.239 e. The Labute approximate surface area is 78.9 Å². The van der Waals surface area contributed by atoms with Crippen LogP contribution in [0.3, 0.4) is 0 Å². The molecule has 3 N–H and O–H groups in total. The molecule has 0 spiro atoms. The van der Waals surface area contributed by atoms with Crippen molar-refractivity contribution in [1.29, 1.82) is 0 Å². The Morgan fingerprint density at radius 2 is 2.00 bits per heavy atom. The molecule has 0 saturated carbocycles. The highest BCUT2D eigenvalue weighted by molar-refractivity contribution is 5.12. The highest BCUT2D eigenvalue weighted by Gasteiger charge is 1.98. The number of aromatic nitrogens is 3. The molecule has 0 fully saturated rings. The average molecular weight is 182 g/mol. The fraction of sp³-hybridized carbons (Fsp3) is 0.778. The molecule has 1 rings (SSSR count). The van der Waals surface area contributed by atoms with Gasteiger partial charge in [0.25, 0.3) is 0 Å². The van der Waals surface area contributed by atoms with Gasteiger partial charge in [-0.15, -0.1) is 5.10 Å². The summed E-state index contributed by atoms with van der Waals surface area (Å²) in [5.41, 5.74) is 5.38. The highest BCUT2D eigenvalue weighted by Crippen LogP contribution is 2.05. The first kappa shape index (κ1) is 10.0. The molecule has 4 heteroatoms. The Balaban J connectivity index is 2.06. The SMILES string of the molecule is CCCCCCCc1nc(N)n[nH]1. The predicted octanol–water partition coefficient (Wildman–Crippen LogP) is 1.90. The number of aryl methyl sites for hydroxylation is 1. The number of hydrogen-bond acceptors (Lipinski definition) is 3. The van der Waals surface area contributed by atoms with Crippen molar-refractivity contribution in [2.24, 2.45) is 0 Å². The zero-order valence-corrected chi connectivity index (χ0v) is 8.21. The van der Waals surface area contributed by atoms with Crippen molar-refractivity contribution in [1.82, 2.24) is 15.2 Å². The van der Waals surface area contributed by atoms with Gasteiger partial charge in [0, 0.05) is 6.42 Å². The molecule has 1 aromatic heterocycles. The van der Waals surface area contributed by atoms with Gasteiger partial charge in [-0.25, -0.2) is 0 Å². The van der Waals surface area contributed by atoms with Gasteiger partial charge in [-0.3, -0.25) is 5.10 Å². The third-order valence-electron chi connectivity index (χ3n) is 2.07. The molecular weight excluding hydrogens is 164 g/mol. The van der Waals surface area contributed by atoms with Crippen LogP contribution >= 0.6 is 0 Å². The predicted molar refractivity (Wildman–Crippen MR) is 53.3 cm³/mol. The van der Waals surface area contributed by atoms with Crippen LogP contribution in [0.2, 0.25) is 0 Å². The number of nitrogens with one attached hydrogen (secondary N) is 1. The van der Waals surface area contributed by atoms with Crippen molar-refractivity contribution in [3.05, 3.63) is 5.82 Å². The second-order valence-corrected chi connectivity index (χ2v) is 3.30. The molecule has 0 aliphatic heterocycles. The molecular formula is C9H18N4. The van der Waals surface area contributed by atoms with E-state index in [4.69, 9.17) is 5.73 Å². The van der Waals surface area contributed by atoms with E-state index in [2.05, 4.69) is 22.1 Å². The van der Waals surface area contributed by atoms with Crippen LogP contribution in [-0.4, -0.2) is 15.2 Å². The van der Waals surface area contributed by atoms with E-state index in [-0.39, 0.29) is 0 Å². The summed E-state index contributed by atoms with van der Waals surface area (Å²) >= 11 is 0. The zero-order chi connectivity index (χ0) is 9.52. The van der Waals surface area contributed by atoms with Crippen LogP contribution in [0.15, 0.2) is 0 Å². The topological polar surface area (TPSA) is 67.6 Å². The Kier molecular flexibility index (Phi) is 4.29. The lowest BCUT2D eigenvalue weighted by molar-refractivity contribution is 0.623. The van der Waals surface area contributed by atoms with Gasteiger partial charge in [-0.2, -0.15) is 4.98 Å². The summed E-state index contributed by atoms with van der Waals surface area (Å²) in [6.07, 6.45) is 7.35. The molecule has 0 atom stereocenters. The molecule has 4 nitrogen and oxygen atoms in total. The molecule has 0 aliphatic carbocycles. The fourth-order valence-electron chi connectivity index (χ4n) is 1.32. The van der Waals surface area contributed by atoms with Crippen molar-refractivity contribution < 1.29 is 0 Å². The summed E-state index contributed by atoms with van der Waals surface area (Å²) < 4.78 is 0. The number of rotatable bonds is 6. The molecule has 0 radical (unpaired) electrons. The summed E-state index contributed by atoms with van der Waals surface area (Å²) in [6, 6.07) is 0. The van der Waals surface area contributed by atoms with E-state index in [0.29, 0.717) is 5.95 Å². The van der Waals surface area contributed by atoms with Crippen LogP contribution < -0.4 is 5.73 Å². The minimum atomic E-state index is 0.351. The van der Waals surface area contributed by atoms with Gasteiger partial charge in [-0.05, 0) is 6.42 Å². The van der Waals surface area contributed by atoms with Crippen molar-refractivity contribution in [2.75, 3.05) is 5.73 Å². The minimum Gasteiger partial charge on any atom is -0.367 e. The van der Waals surface area contributed by atoms with Gasteiger partial charge in [0.05, 0.1) is 0 Å². The van der Waals surface area contributed by atoms with E-state index in [1.807, 2.05) is 0 Å². The maximum atomic E-state index is 5.38. The second-order valence-electron chi connectivity index (χ2n) is 3.30. The maximum absolute atomic E-state index is 5.38. The third-order valence-corrected chi connectivity index (χ3v) is 2.07. The molecule has 74 valence electrons. The summed E-state index contributed by atoms with van der Waals surface area (Å²) in [7, 11) is 0. The number of anilines is 1. The number of nitrogens with zero attached hydrogens (tertiary/aromatic N) is 2. The molecule has 1 heterocycles. The number of hydrogen-bond donors (Lipinski definition) is 2. The number of nitrogen functional groups attached to an aromatic ring is 1. The number of unbranched alkanes of at least 4 members (excludes halogenated alkanes) is 4. The molecule has 0 bridgehead atoms. The molecule has 0 saturated heterocycles. The van der Waals surface area contributed by atoms with Crippen LogP contribution in [-0.2, 0) is 6.42 Å². The van der Waals surface area contributed by atoms with E-state index >= 15 is 0 Å². The average Bonchev–Trinajstić information content (AvgIpc) is 2.51. The van der Waals surface area contributed by atoms with E-state index in [1.165, 1.54) is 32.1 Å². The summed E-state index contributed by atoms with van der Waals surface area (Å²) in [5, 5.41) is 6.58. The summed E-state index contributed by atoms with van der Waals surface area (Å²) in [5.74, 6) is 1.26. The van der Waals surface area contributed by atoms with Crippen LogP contribution in [0.4, 0.5) is 5.95 Å². The Morgan fingerprint density at radius 1 is 1.23 bits per heavy atom. The van der Waals surface area contributed by atoms with Crippen molar-refractivity contribution in [3.8, 4) is 0 Å². The third kappa shape index (κ3) is 3.92. The largest absolute Gasteiger partial charge is 0.367 e. The first-order chi connectivity index (χ1) is 6.33. The van der Waals surface area contributed by atoms with E-state index in [1.54, 1.807) is 0 Å². The molecule has 0 unspecified atom stereocenters. The normalized spacial score (nSPS) is 10.5. The number of H-pyrrole nitrogens is 1. The molecule has 1 aromatic rings. The molecule has 0 aromatic carbocycles. The van der Waals surface area contributed by atoms with E-state index in [0.717, 1.165) is 12.2 Å². The van der Waals surface area contributed by atoms with Crippen LogP contribution in [0, 0.1) is 0 Å². The van der Waals surface area contributed by atoms with Crippen LogP contribution in [0.1, 0.15) is 44.9 Å². The first-order valence-corrected chi connectivity index (χ1v) is 4.99. The Morgan fingerprint density at radius 3 is 2.62 bits per heavy atom. The van der Waals surface area contributed by atoms with Crippen molar-refractivity contribution in [2.45, 2.75) is 45.4 Å². The Hall–Kier alpha value is -1.06. The van der Waals surface area contributed by atoms with Gasteiger partial charge in [0.1, 0.15) is 5.82 Å². The lowest BCUT2D eigenvalue weighted by atomic mass is 10.1. The van der Waals surface area contributed by atoms with Gasteiger partial charge in [-0.1, -0.05) is 32.6 Å². The first-order valence-electron chi connectivity index (χ1n) is 4.99. The molecule has 0 amide bonds. The lowest BCUT2D eigenvalue weighted by Gasteiger charge is -1.96. The minimum absolute atomic E-state index is 0.351. The summed E-state index contributed by atoms with van der Waals surface area (Å²) in [4.78, 5) is 4.04. The smallest absolute Gasteiger partial charge is 0.239 e. The van der Waals surface area contributed by atoms with Crippen LogP contribution in [0.5, 0.6) is 0 Å². The standard InChI is InChI=1S/C9H18N4/c1-2-3-4-5-6-7-8-11-9(10)13-12-8/h2-7H2,1H3,(H3,10,11,12,13). The number of nitrogens with two attached hydrogens (primary N) is 1. The second kappa shape index (κ2) is 5.56.